The normalized spacial score (nSPS) is 15.6. The van der Waals surface area contributed by atoms with Crippen LogP contribution in [0.15, 0.2) is 65.5 Å². The number of fused-ring (bicyclic) bond motifs is 1. The zero-order chi connectivity index (χ0) is 18.3. The highest BCUT2D eigenvalue weighted by molar-refractivity contribution is 5.94. The Balaban J connectivity index is 1.85. The Kier molecular flexibility index (Phi) is 3.84. The summed E-state index contributed by atoms with van der Waals surface area (Å²) in [5, 5.41) is 10.4. The van der Waals surface area contributed by atoms with E-state index in [1.807, 2.05) is 30.3 Å². The fourth-order valence-electron chi connectivity index (χ4n) is 3.34. The van der Waals surface area contributed by atoms with Gasteiger partial charge in [0.15, 0.2) is 6.10 Å². The third-order valence-corrected chi connectivity index (χ3v) is 4.66. The predicted octanol–water partition coefficient (Wildman–Crippen LogP) is 3.17. The van der Waals surface area contributed by atoms with Crippen molar-refractivity contribution in [2.75, 3.05) is 0 Å². The number of benzene rings is 2. The van der Waals surface area contributed by atoms with Crippen molar-refractivity contribution in [2.24, 2.45) is 0 Å². The molecule has 0 aliphatic carbocycles. The molecule has 2 aromatic carbocycles. The van der Waals surface area contributed by atoms with Crippen molar-refractivity contribution in [1.82, 2.24) is 4.57 Å². The summed E-state index contributed by atoms with van der Waals surface area (Å²) in [6.07, 6.45) is -0.895. The van der Waals surface area contributed by atoms with Crippen molar-refractivity contribution in [3.8, 4) is 5.75 Å². The molecule has 0 radical (unpaired) electrons. The molecule has 5 nitrogen and oxygen atoms in total. The SMILES string of the molecule is Cc1cc(O)c(C2OC(=O)c3ccccc32)c(=O)n1Cc1ccccc1. The number of aryl methyl sites for hydroxylation is 1. The van der Waals surface area contributed by atoms with E-state index in [4.69, 9.17) is 4.74 Å². The zero-order valence-corrected chi connectivity index (χ0v) is 14.2. The fraction of sp³-hybridized carbons (Fsp3) is 0.143. The van der Waals surface area contributed by atoms with Crippen molar-refractivity contribution >= 4 is 5.97 Å². The van der Waals surface area contributed by atoms with Crippen LogP contribution in [0.5, 0.6) is 5.75 Å². The van der Waals surface area contributed by atoms with Gasteiger partial charge in [-0.25, -0.2) is 4.79 Å². The highest BCUT2D eigenvalue weighted by Crippen LogP contribution is 2.37. The average molecular weight is 347 g/mol. The minimum absolute atomic E-state index is 0.0878. The lowest BCUT2D eigenvalue weighted by atomic mass is 9.99. The average Bonchev–Trinajstić information content (AvgIpc) is 2.96. The molecule has 5 heteroatoms. The van der Waals surface area contributed by atoms with Gasteiger partial charge in [-0.15, -0.1) is 0 Å². The zero-order valence-electron chi connectivity index (χ0n) is 14.2. The van der Waals surface area contributed by atoms with Crippen LogP contribution in [0, 0.1) is 6.92 Å². The Morgan fingerprint density at radius 3 is 2.50 bits per heavy atom. The monoisotopic (exact) mass is 347 g/mol. The lowest BCUT2D eigenvalue weighted by Gasteiger charge is -2.17. The summed E-state index contributed by atoms with van der Waals surface area (Å²) in [7, 11) is 0. The van der Waals surface area contributed by atoms with Gasteiger partial charge in [0.1, 0.15) is 11.3 Å². The molecule has 4 rings (SSSR count). The van der Waals surface area contributed by atoms with Crippen LogP contribution in [0.25, 0.3) is 0 Å². The Hall–Kier alpha value is -3.34. The van der Waals surface area contributed by atoms with Gasteiger partial charge in [-0.2, -0.15) is 0 Å². The van der Waals surface area contributed by atoms with Crippen LogP contribution in [0.2, 0.25) is 0 Å². The van der Waals surface area contributed by atoms with Gasteiger partial charge >= 0.3 is 5.97 Å². The van der Waals surface area contributed by atoms with Crippen molar-refractivity contribution < 1.29 is 14.6 Å². The van der Waals surface area contributed by atoms with Crippen LogP contribution in [0.3, 0.4) is 0 Å². The molecule has 1 N–H and O–H groups in total. The molecule has 1 aliphatic heterocycles. The molecule has 0 amide bonds. The molecule has 0 fully saturated rings. The van der Waals surface area contributed by atoms with E-state index < -0.39 is 12.1 Å². The van der Waals surface area contributed by atoms with E-state index in [0.717, 1.165) is 5.56 Å². The first-order valence-electron chi connectivity index (χ1n) is 8.33. The quantitative estimate of drug-likeness (QED) is 0.739. The van der Waals surface area contributed by atoms with Gasteiger partial charge in [0.2, 0.25) is 0 Å². The highest BCUT2D eigenvalue weighted by atomic mass is 16.5. The number of carbonyl (C=O) groups is 1. The molecule has 0 bridgehead atoms. The maximum absolute atomic E-state index is 13.1. The Morgan fingerprint density at radius 2 is 1.73 bits per heavy atom. The van der Waals surface area contributed by atoms with E-state index in [-0.39, 0.29) is 16.9 Å². The van der Waals surface area contributed by atoms with E-state index in [1.54, 1.807) is 35.8 Å². The summed E-state index contributed by atoms with van der Waals surface area (Å²) in [5.41, 5.74) is 2.35. The van der Waals surface area contributed by atoms with E-state index in [1.165, 1.54) is 6.07 Å². The Bertz CT molecular complexity index is 1050. The smallest absolute Gasteiger partial charge is 0.339 e. The molecule has 1 atom stereocenters. The number of cyclic esters (lactones) is 1. The molecule has 0 saturated heterocycles. The maximum Gasteiger partial charge on any atom is 0.339 e. The number of hydrogen-bond acceptors (Lipinski definition) is 4. The summed E-state index contributed by atoms with van der Waals surface area (Å²) < 4.78 is 6.99. The number of pyridine rings is 1. The van der Waals surface area contributed by atoms with Crippen LogP contribution in [0.4, 0.5) is 0 Å². The molecule has 3 aromatic rings. The molecule has 1 aromatic heterocycles. The van der Waals surface area contributed by atoms with Crippen LogP contribution in [-0.2, 0) is 11.3 Å². The van der Waals surface area contributed by atoms with Crippen molar-refractivity contribution in [3.63, 3.8) is 0 Å². The van der Waals surface area contributed by atoms with E-state index >= 15 is 0 Å². The Labute approximate surface area is 150 Å². The topological polar surface area (TPSA) is 68.5 Å². The number of aromatic nitrogens is 1. The van der Waals surface area contributed by atoms with E-state index in [2.05, 4.69) is 0 Å². The second-order valence-corrected chi connectivity index (χ2v) is 6.33. The minimum Gasteiger partial charge on any atom is -0.507 e. The van der Waals surface area contributed by atoms with Gasteiger partial charge in [0.05, 0.1) is 12.1 Å². The number of rotatable bonds is 3. The highest BCUT2D eigenvalue weighted by Gasteiger charge is 2.35. The summed E-state index contributed by atoms with van der Waals surface area (Å²) in [6.45, 7) is 2.14. The number of aromatic hydroxyl groups is 1. The summed E-state index contributed by atoms with van der Waals surface area (Å²) >= 11 is 0. The summed E-state index contributed by atoms with van der Waals surface area (Å²) in [6, 6.07) is 18.1. The van der Waals surface area contributed by atoms with Gasteiger partial charge in [-0.3, -0.25) is 4.79 Å². The first-order valence-corrected chi connectivity index (χ1v) is 8.33. The van der Waals surface area contributed by atoms with Gasteiger partial charge in [-0.05, 0) is 24.6 Å². The minimum atomic E-state index is -0.895. The van der Waals surface area contributed by atoms with Crippen LogP contribution in [0.1, 0.15) is 38.8 Å². The standard InChI is InChI=1S/C21H17NO4/c1-13-11-17(23)18(19-15-9-5-6-10-16(15)21(25)26-19)20(24)22(13)12-14-7-3-2-4-8-14/h2-11,19,23H,12H2,1H3. The molecule has 1 unspecified atom stereocenters. The number of esters is 1. The lowest BCUT2D eigenvalue weighted by Crippen LogP contribution is -2.28. The predicted molar refractivity (Wildman–Crippen MR) is 96.3 cm³/mol. The number of carbonyl (C=O) groups excluding carboxylic acids is 1. The van der Waals surface area contributed by atoms with Crippen LogP contribution >= 0.6 is 0 Å². The fourth-order valence-corrected chi connectivity index (χ4v) is 3.34. The number of nitrogens with zero attached hydrogens (tertiary/aromatic N) is 1. The summed E-state index contributed by atoms with van der Waals surface area (Å²) in [4.78, 5) is 25.2. The lowest BCUT2D eigenvalue weighted by molar-refractivity contribution is 0.0450. The second-order valence-electron chi connectivity index (χ2n) is 6.33. The molecular weight excluding hydrogens is 330 g/mol. The van der Waals surface area contributed by atoms with Gasteiger partial charge in [0, 0.05) is 11.3 Å². The number of hydrogen-bond donors (Lipinski definition) is 1. The summed E-state index contributed by atoms with van der Waals surface area (Å²) in [5.74, 6) is -0.647. The van der Waals surface area contributed by atoms with Gasteiger partial charge in [0.25, 0.3) is 5.56 Å². The molecule has 0 saturated carbocycles. The van der Waals surface area contributed by atoms with E-state index in [0.29, 0.717) is 23.4 Å². The molecule has 1 aliphatic rings. The first kappa shape index (κ1) is 16.1. The van der Waals surface area contributed by atoms with Crippen molar-refractivity contribution in [3.05, 3.63) is 99.0 Å². The molecule has 26 heavy (non-hydrogen) atoms. The third-order valence-electron chi connectivity index (χ3n) is 4.66. The third kappa shape index (κ3) is 2.58. The van der Waals surface area contributed by atoms with Crippen LogP contribution < -0.4 is 5.56 Å². The van der Waals surface area contributed by atoms with Gasteiger partial charge < -0.3 is 14.4 Å². The van der Waals surface area contributed by atoms with Gasteiger partial charge in [-0.1, -0.05) is 48.5 Å². The molecule has 0 spiro atoms. The molecule has 2 heterocycles. The van der Waals surface area contributed by atoms with Crippen LogP contribution in [-0.4, -0.2) is 15.6 Å². The van der Waals surface area contributed by atoms with Crippen molar-refractivity contribution in [1.29, 1.82) is 0 Å². The number of ether oxygens (including phenoxy) is 1. The maximum atomic E-state index is 13.1. The molecule has 130 valence electrons. The van der Waals surface area contributed by atoms with Crippen molar-refractivity contribution in [2.45, 2.75) is 19.6 Å². The largest absolute Gasteiger partial charge is 0.507 e. The second kappa shape index (κ2) is 6.19. The first-order chi connectivity index (χ1) is 12.6. The van der Waals surface area contributed by atoms with E-state index in [9.17, 15) is 14.7 Å². The molecular formula is C21H17NO4. The Morgan fingerprint density at radius 1 is 1.04 bits per heavy atom.